The number of hydrogen-bond donors (Lipinski definition) is 0. The molecule has 5 rings (SSSR count). The molecule has 0 N–H and O–H groups in total. The second kappa shape index (κ2) is 7.35. The lowest BCUT2D eigenvalue weighted by atomic mass is 10.1. The summed E-state index contributed by atoms with van der Waals surface area (Å²) in [7, 11) is 2.06. The molecule has 0 bridgehead atoms. The Hall–Kier alpha value is -3.15. The van der Waals surface area contributed by atoms with Crippen LogP contribution in [0.2, 0.25) is 0 Å². The highest BCUT2D eigenvalue weighted by atomic mass is 16.5. The van der Waals surface area contributed by atoms with E-state index in [1.165, 1.54) is 5.56 Å². The van der Waals surface area contributed by atoms with Gasteiger partial charge in [0, 0.05) is 56.0 Å². The molecular formula is C23H24N4O2. The van der Waals surface area contributed by atoms with Crippen LogP contribution in [0.15, 0.2) is 48.7 Å². The molecule has 0 amide bonds. The molecule has 0 saturated carbocycles. The molecule has 3 heterocycles. The summed E-state index contributed by atoms with van der Waals surface area (Å²) in [5, 5.41) is 10.7. The molecular weight excluding hydrogens is 364 g/mol. The second-order valence-corrected chi connectivity index (χ2v) is 7.86. The lowest BCUT2D eigenvalue weighted by Gasteiger charge is -2.32. The zero-order valence-electron chi connectivity index (χ0n) is 16.5. The predicted octanol–water partition coefficient (Wildman–Crippen LogP) is 3.45. The van der Waals surface area contributed by atoms with E-state index in [0.717, 1.165) is 61.2 Å². The van der Waals surface area contributed by atoms with Crippen molar-refractivity contribution in [3.8, 4) is 0 Å². The summed E-state index contributed by atoms with van der Waals surface area (Å²) in [4.78, 5) is 17.1. The number of anilines is 2. The number of aromatic nitrogens is 2. The molecule has 0 radical (unpaired) electrons. The second-order valence-electron chi connectivity index (χ2n) is 7.86. The fourth-order valence-electron chi connectivity index (χ4n) is 4.32. The van der Waals surface area contributed by atoms with Crippen molar-refractivity contribution in [2.24, 2.45) is 0 Å². The number of nitrogens with zero attached hydrogens (tertiary/aromatic N) is 4. The van der Waals surface area contributed by atoms with Gasteiger partial charge in [0.1, 0.15) is 6.10 Å². The number of benzene rings is 2. The Morgan fingerprint density at radius 2 is 1.93 bits per heavy atom. The lowest BCUT2D eigenvalue weighted by Crippen LogP contribution is -2.38. The fraction of sp³-hybridized carbons (Fsp3) is 0.348. The minimum Gasteiger partial charge on any atom is -0.459 e. The first-order valence-electron chi connectivity index (χ1n) is 10.2. The molecule has 0 aliphatic carbocycles. The van der Waals surface area contributed by atoms with E-state index in [1.54, 1.807) is 6.20 Å². The van der Waals surface area contributed by atoms with Crippen molar-refractivity contribution in [2.75, 3.05) is 36.5 Å². The van der Waals surface area contributed by atoms with Crippen molar-refractivity contribution < 1.29 is 9.53 Å². The molecule has 29 heavy (non-hydrogen) atoms. The summed E-state index contributed by atoms with van der Waals surface area (Å²) in [5.74, 6) is 0.686. The summed E-state index contributed by atoms with van der Waals surface area (Å²) in [6.45, 7) is 2.60. The quantitative estimate of drug-likeness (QED) is 0.641. The maximum Gasteiger partial charge on any atom is 0.338 e. The third-order valence-corrected chi connectivity index (χ3v) is 6.01. The molecule has 1 saturated heterocycles. The predicted molar refractivity (Wildman–Crippen MR) is 114 cm³/mol. The van der Waals surface area contributed by atoms with E-state index < -0.39 is 0 Å². The van der Waals surface area contributed by atoms with E-state index in [0.29, 0.717) is 5.56 Å². The Morgan fingerprint density at radius 3 is 2.79 bits per heavy atom. The minimum atomic E-state index is -0.225. The first-order valence-corrected chi connectivity index (χ1v) is 10.2. The summed E-state index contributed by atoms with van der Waals surface area (Å²) >= 11 is 0. The number of fused-ring (bicyclic) bond motifs is 2. The van der Waals surface area contributed by atoms with E-state index in [-0.39, 0.29) is 12.1 Å². The summed E-state index contributed by atoms with van der Waals surface area (Å²) < 4.78 is 5.82. The van der Waals surface area contributed by atoms with Gasteiger partial charge in [0.05, 0.1) is 11.8 Å². The number of hydrogen-bond acceptors (Lipinski definition) is 6. The van der Waals surface area contributed by atoms with Crippen LogP contribution in [0.4, 0.5) is 11.5 Å². The standard InChI is InChI=1S/C23H24N4O2/c1-26-11-8-16-6-7-17(14-21(16)26)23(28)29-19-9-12-27(13-10-19)22-20-5-3-2-4-18(20)15-24-25-22/h2-7,14-15,19H,8-13H2,1H3. The lowest BCUT2D eigenvalue weighted by molar-refractivity contribution is 0.0245. The van der Waals surface area contributed by atoms with Crippen LogP contribution in [0.3, 0.4) is 0 Å². The van der Waals surface area contributed by atoms with E-state index in [1.807, 2.05) is 24.3 Å². The van der Waals surface area contributed by atoms with Crippen LogP contribution in [0, 0.1) is 0 Å². The zero-order chi connectivity index (χ0) is 19.8. The highest BCUT2D eigenvalue weighted by molar-refractivity contribution is 5.92. The van der Waals surface area contributed by atoms with E-state index >= 15 is 0 Å². The fourth-order valence-corrected chi connectivity index (χ4v) is 4.32. The van der Waals surface area contributed by atoms with Gasteiger partial charge >= 0.3 is 5.97 Å². The Kier molecular flexibility index (Phi) is 4.54. The van der Waals surface area contributed by atoms with Gasteiger partial charge in [0.15, 0.2) is 5.82 Å². The number of likely N-dealkylation sites (N-methyl/N-ethyl adjacent to an activating group) is 1. The topological polar surface area (TPSA) is 58.6 Å². The van der Waals surface area contributed by atoms with Gasteiger partial charge in [0.25, 0.3) is 0 Å². The van der Waals surface area contributed by atoms with E-state index in [2.05, 4.69) is 45.2 Å². The number of carbonyl (C=O) groups excluding carboxylic acids is 1. The summed E-state index contributed by atoms with van der Waals surface area (Å²) in [6.07, 6.45) is 4.36. The van der Waals surface area contributed by atoms with Crippen LogP contribution in [0.25, 0.3) is 10.8 Å². The normalized spacial score (nSPS) is 16.9. The van der Waals surface area contributed by atoms with Crippen molar-refractivity contribution in [1.82, 2.24) is 10.2 Å². The van der Waals surface area contributed by atoms with Gasteiger partial charge in [-0.3, -0.25) is 0 Å². The average molecular weight is 388 g/mol. The molecule has 2 aromatic carbocycles. The Balaban J connectivity index is 1.24. The first kappa shape index (κ1) is 17.9. The maximum atomic E-state index is 12.7. The number of carbonyl (C=O) groups is 1. The summed E-state index contributed by atoms with van der Waals surface area (Å²) in [6, 6.07) is 14.1. The van der Waals surface area contributed by atoms with Crippen LogP contribution >= 0.6 is 0 Å². The minimum absolute atomic E-state index is 0.0623. The van der Waals surface area contributed by atoms with E-state index in [4.69, 9.17) is 4.74 Å². The first-order chi connectivity index (χ1) is 14.2. The molecule has 0 unspecified atom stereocenters. The van der Waals surface area contributed by atoms with Crippen LogP contribution < -0.4 is 9.80 Å². The largest absolute Gasteiger partial charge is 0.459 e. The molecule has 148 valence electrons. The SMILES string of the molecule is CN1CCc2ccc(C(=O)OC3CCN(c4nncc5ccccc45)CC3)cc21. The molecule has 0 spiro atoms. The van der Waals surface area contributed by atoms with Crippen LogP contribution in [0.5, 0.6) is 0 Å². The monoisotopic (exact) mass is 388 g/mol. The van der Waals surface area contributed by atoms with Crippen molar-refractivity contribution in [3.63, 3.8) is 0 Å². The summed E-state index contributed by atoms with van der Waals surface area (Å²) in [5.41, 5.74) is 3.08. The van der Waals surface area contributed by atoms with Crippen LogP contribution in [-0.4, -0.2) is 49.0 Å². The molecule has 1 aromatic heterocycles. The molecule has 0 atom stereocenters. The molecule has 2 aliphatic rings. The highest BCUT2D eigenvalue weighted by Crippen LogP contribution is 2.29. The Bertz CT molecular complexity index is 1050. The van der Waals surface area contributed by atoms with Crippen LogP contribution in [0.1, 0.15) is 28.8 Å². The Labute approximate surface area is 170 Å². The van der Waals surface area contributed by atoms with Crippen molar-refractivity contribution in [3.05, 3.63) is 59.8 Å². The van der Waals surface area contributed by atoms with Gasteiger partial charge in [-0.2, -0.15) is 5.10 Å². The number of esters is 1. The number of ether oxygens (including phenoxy) is 1. The zero-order valence-corrected chi connectivity index (χ0v) is 16.5. The maximum absolute atomic E-state index is 12.7. The Morgan fingerprint density at radius 1 is 1.10 bits per heavy atom. The van der Waals surface area contributed by atoms with Gasteiger partial charge in [-0.25, -0.2) is 4.79 Å². The van der Waals surface area contributed by atoms with Crippen molar-refractivity contribution in [2.45, 2.75) is 25.4 Å². The van der Waals surface area contributed by atoms with Gasteiger partial charge in [-0.15, -0.1) is 5.10 Å². The van der Waals surface area contributed by atoms with Crippen molar-refractivity contribution >= 4 is 28.2 Å². The van der Waals surface area contributed by atoms with Gasteiger partial charge in [-0.05, 0) is 24.1 Å². The van der Waals surface area contributed by atoms with Crippen molar-refractivity contribution in [1.29, 1.82) is 0 Å². The smallest absolute Gasteiger partial charge is 0.338 e. The molecule has 2 aliphatic heterocycles. The average Bonchev–Trinajstić information content (AvgIpc) is 3.14. The molecule has 3 aromatic rings. The van der Waals surface area contributed by atoms with Gasteiger partial charge in [0.2, 0.25) is 0 Å². The number of piperidine rings is 1. The van der Waals surface area contributed by atoms with Gasteiger partial charge < -0.3 is 14.5 Å². The molecule has 6 heteroatoms. The third kappa shape index (κ3) is 3.39. The highest BCUT2D eigenvalue weighted by Gasteiger charge is 2.25. The third-order valence-electron chi connectivity index (χ3n) is 6.01. The van der Waals surface area contributed by atoms with Gasteiger partial charge in [-0.1, -0.05) is 30.3 Å². The van der Waals surface area contributed by atoms with E-state index in [9.17, 15) is 4.79 Å². The van der Waals surface area contributed by atoms with Crippen LogP contribution in [-0.2, 0) is 11.2 Å². The number of rotatable bonds is 3. The molecule has 1 fully saturated rings. The molecule has 6 nitrogen and oxygen atoms in total.